The second kappa shape index (κ2) is 7.95. The van der Waals surface area contributed by atoms with E-state index in [-0.39, 0.29) is 19.1 Å². The summed E-state index contributed by atoms with van der Waals surface area (Å²) in [7, 11) is 3.96. The smallest absolute Gasteiger partial charge is 0.233 e. The molecule has 8 heteroatoms. The number of likely N-dealkylation sites (N-methyl/N-ethyl adjacent to an activating group) is 1. The highest BCUT2D eigenvalue weighted by atomic mass is 35.5. The molecule has 4 rings (SSSR count). The van der Waals surface area contributed by atoms with E-state index in [0.717, 1.165) is 22.3 Å². The van der Waals surface area contributed by atoms with E-state index < -0.39 is 0 Å². The molecule has 2 aromatic carbocycles. The van der Waals surface area contributed by atoms with Crippen LogP contribution in [0.3, 0.4) is 0 Å². The van der Waals surface area contributed by atoms with Crippen LogP contribution in [0.15, 0.2) is 36.4 Å². The fourth-order valence-electron chi connectivity index (χ4n) is 2.97. The Kier molecular flexibility index (Phi) is 5.39. The van der Waals surface area contributed by atoms with Gasteiger partial charge in [0.05, 0.1) is 16.1 Å². The zero-order valence-corrected chi connectivity index (χ0v) is 17.2. The largest absolute Gasteiger partial charge is 0.454 e. The summed E-state index contributed by atoms with van der Waals surface area (Å²) in [4.78, 5) is 21.6. The van der Waals surface area contributed by atoms with E-state index in [1.807, 2.05) is 55.4 Å². The van der Waals surface area contributed by atoms with Gasteiger partial charge in [0.1, 0.15) is 5.52 Å². The first-order chi connectivity index (χ1) is 13.5. The van der Waals surface area contributed by atoms with Crippen LogP contribution < -0.4 is 14.4 Å². The number of halogens is 1. The molecule has 0 spiro atoms. The van der Waals surface area contributed by atoms with Crippen molar-refractivity contribution in [1.82, 2.24) is 9.88 Å². The standard InChI is InChI=1S/C20H20ClN3O3S/c1-23(2)8-9-24(20-22-19-14(21)4-3-5-17(19)28-20)18(25)11-13-6-7-15-16(10-13)27-12-26-15/h3-7,10H,8-9,11-12H2,1-2H3. The number of para-hydroxylation sites is 1. The summed E-state index contributed by atoms with van der Waals surface area (Å²) in [5.41, 5.74) is 1.61. The van der Waals surface area contributed by atoms with Crippen molar-refractivity contribution in [3.63, 3.8) is 0 Å². The molecule has 0 saturated carbocycles. The Hall–Kier alpha value is -2.35. The number of hydrogen-bond acceptors (Lipinski definition) is 6. The van der Waals surface area contributed by atoms with Gasteiger partial charge in [0.2, 0.25) is 12.7 Å². The van der Waals surface area contributed by atoms with Gasteiger partial charge in [-0.1, -0.05) is 35.1 Å². The van der Waals surface area contributed by atoms with Crippen molar-refractivity contribution < 1.29 is 14.3 Å². The van der Waals surface area contributed by atoms with E-state index in [0.29, 0.717) is 28.2 Å². The minimum Gasteiger partial charge on any atom is -0.454 e. The Balaban J connectivity index is 1.61. The average molecular weight is 418 g/mol. The van der Waals surface area contributed by atoms with Crippen LogP contribution in [0.1, 0.15) is 5.56 Å². The molecule has 0 aliphatic carbocycles. The summed E-state index contributed by atoms with van der Waals surface area (Å²) in [5.74, 6) is 1.37. The minimum atomic E-state index is -0.0177. The third kappa shape index (κ3) is 3.92. The van der Waals surface area contributed by atoms with Gasteiger partial charge < -0.3 is 14.4 Å². The Morgan fingerprint density at radius 3 is 2.79 bits per heavy atom. The molecule has 1 aromatic heterocycles. The maximum Gasteiger partial charge on any atom is 0.233 e. The van der Waals surface area contributed by atoms with Crippen LogP contribution in [-0.4, -0.2) is 49.8 Å². The van der Waals surface area contributed by atoms with Gasteiger partial charge in [0.25, 0.3) is 0 Å². The van der Waals surface area contributed by atoms with E-state index >= 15 is 0 Å². The number of aromatic nitrogens is 1. The van der Waals surface area contributed by atoms with Gasteiger partial charge >= 0.3 is 0 Å². The molecule has 0 unspecified atom stereocenters. The molecule has 3 aromatic rings. The first-order valence-corrected chi connectivity index (χ1v) is 10.1. The van der Waals surface area contributed by atoms with Gasteiger partial charge in [-0.25, -0.2) is 4.98 Å². The van der Waals surface area contributed by atoms with Gasteiger partial charge in [-0.2, -0.15) is 0 Å². The third-order valence-electron chi connectivity index (χ3n) is 4.45. The van der Waals surface area contributed by atoms with E-state index in [9.17, 15) is 4.79 Å². The zero-order valence-electron chi connectivity index (χ0n) is 15.6. The van der Waals surface area contributed by atoms with Crippen molar-refractivity contribution in [1.29, 1.82) is 0 Å². The number of amides is 1. The molecule has 1 aliphatic heterocycles. The van der Waals surface area contributed by atoms with E-state index in [4.69, 9.17) is 21.1 Å². The number of carbonyl (C=O) groups is 1. The lowest BCUT2D eigenvalue weighted by molar-refractivity contribution is -0.118. The quantitative estimate of drug-likeness (QED) is 0.610. The molecular weight excluding hydrogens is 398 g/mol. The number of nitrogens with zero attached hydrogens (tertiary/aromatic N) is 3. The maximum absolute atomic E-state index is 13.2. The third-order valence-corrected chi connectivity index (χ3v) is 5.80. The summed E-state index contributed by atoms with van der Waals surface area (Å²) in [6.45, 7) is 1.50. The maximum atomic E-state index is 13.2. The van der Waals surface area contributed by atoms with Crippen LogP contribution >= 0.6 is 22.9 Å². The van der Waals surface area contributed by atoms with Crippen LogP contribution in [0.25, 0.3) is 10.2 Å². The number of hydrogen-bond donors (Lipinski definition) is 0. The van der Waals surface area contributed by atoms with Crippen LogP contribution in [-0.2, 0) is 11.2 Å². The molecule has 0 bridgehead atoms. The summed E-state index contributed by atoms with van der Waals surface area (Å²) in [5, 5.41) is 1.26. The molecule has 6 nitrogen and oxygen atoms in total. The SMILES string of the molecule is CN(C)CCN(C(=O)Cc1ccc2c(c1)OCO2)c1nc2c(Cl)cccc2s1. The number of carbonyl (C=O) groups excluding carboxylic acids is 1. The molecule has 0 fully saturated rings. The first-order valence-electron chi connectivity index (χ1n) is 8.90. The topological polar surface area (TPSA) is 54.9 Å². The molecule has 28 heavy (non-hydrogen) atoms. The second-order valence-corrected chi connectivity index (χ2v) is 8.21. The Bertz CT molecular complexity index is 1020. The fourth-order valence-corrected chi connectivity index (χ4v) is 4.28. The van der Waals surface area contributed by atoms with Gasteiger partial charge in [0.15, 0.2) is 16.6 Å². The lowest BCUT2D eigenvalue weighted by Crippen LogP contribution is -2.37. The van der Waals surface area contributed by atoms with Crippen molar-refractivity contribution in [3.8, 4) is 11.5 Å². The lowest BCUT2D eigenvalue weighted by atomic mass is 10.1. The molecule has 0 saturated heterocycles. The van der Waals surface area contributed by atoms with Crippen LogP contribution in [0.4, 0.5) is 5.13 Å². The van der Waals surface area contributed by atoms with Crippen molar-refractivity contribution in [2.45, 2.75) is 6.42 Å². The number of anilines is 1. The summed E-state index contributed by atoms with van der Waals surface area (Å²) < 4.78 is 11.7. The number of ether oxygens (including phenoxy) is 2. The Morgan fingerprint density at radius 2 is 2.00 bits per heavy atom. The average Bonchev–Trinajstić information content (AvgIpc) is 3.28. The fraction of sp³-hybridized carbons (Fsp3) is 0.300. The highest BCUT2D eigenvalue weighted by Crippen LogP contribution is 2.34. The van der Waals surface area contributed by atoms with Crippen LogP contribution in [0, 0.1) is 0 Å². The van der Waals surface area contributed by atoms with Gasteiger partial charge in [-0.05, 0) is 43.9 Å². The molecule has 0 atom stereocenters. The Labute approximate surface area is 172 Å². The molecule has 146 valence electrons. The van der Waals surface area contributed by atoms with Crippen molar-refractivity contribution in [3.05, 3.63) is 47.0 Å². The van der Waals surface area contributed by atoms with E-state index in [1.165, 1.54) is 11.3 Å². The van der Waals surface area contributed by atoms with Gasteiger partial charge in [0, 0.05) is 13.1 Å². The second-order valence-electron chi connectivity index (χ2n) is 6.80. The Morgan fingerprint density at radius 1 is 1.18 bits per heavy atom. The van der Waals surface area contributed by atoms with Crippen molar-refractivity contribution >= 4 is 44.2 Å². The van der Waals surface area contributed by atoms with E-state index in [2.05, 4.69) is 4.98 Å². The molecule has 0 radical (unpaired) electrons. The van der Waals surface area contributed by atoms with Gasteiger partial charge in [-0.15, -0.1) is 0 Å². The van der Waals surface area contributed by atoms with Crippen molar-refractivity contribution in [2.75, 3.05) is 38.9 Å². The summed E-state index contributed by atoms with van der Waals surface area (Å²) in [6, 6.07) is 11.3. The van der Waals surface area contributed by atoms with Gasteiger partial charge in [-0.3, -0.25) is 9.69 Å². The molecule has 2 heterocycles. The number of thiazole rings is 1. The zero-order chi connectivity index (χ0) is 19.7. The molecular formula is C20H20ClN3O3S. The highest BCUT2D eigenvalue weighted by Gasteiger charge is 2.22. The highest BCUT2D eigenvalue weighted by molar-refractivity contribution is 7.22. The molecule has 1 aliphatic rings. The molecule has 1 amide bonds. The van der Waals surface area contributed by atoms with Crippen LogP contribution in [0.5, 0.6) is 11.5 Å². The summed E-state index contributed by atoms with van der Waals surface area (Å²) >= 11 is 7.75. The predicted molar refractivity (Wildman–Crippen MR) is 112 cm³/mol. The van der Waals surface area contributed by atoms with Crippen LogP contribution in [0.2, 0.25) is 5.02 Å². The van der Waals surface area contributed by atoms with E-state index in [1.54, 1.807) is 4.90 Å². The van der Waals surface area contributed by atoms with Crippen molar-refractivity contribution in [2.24, 2.45) is 0 Å². The number of rotatable bonds is 6. The monoisotopic (exact) mass is 417 g/mol. The minimum absolute atomic E-state index is 0.0177. The normalized spacial score (nSPS) is 12.7. The number of benzene rings is 2. The first kappa shape index (κ1) is 19.0. The number of fused-ring (bicyclic) bond motifs is 2. The predicted octanol–water partition coefficient (Wildman–Crippen LogP) is 3.82. The molecule has 0 N–H and O–H groups in total. The lowest BCUT2D eigenvalue weighted by Gasteiger charge is -2.22. The summed E-state index contributed by atoms with van der Waals surface area (Å²) in [6.07, 6.45) is 0.258.